The highest BCUT2D eigenvalue weighted by Gasteiger charge is 2.32. The van der Waals surface area contributed by atoms with Crippen LogP contribution in [-0.4, -0.2) is 35.4 Å². The average molecular weight is 554 g/mol. The molecule has 5 nitrogen and oxygen atoms in total. The summed E-state index contributed by atoms with van der Waals surface area (Å²) in [5.41, 5.74) is 2.95. The van der Waals surface area contributed by atoms with Crippen LogP contribution in [0.5, 0.6) is 5.75 Å². The van der Waals surface area contributed by atoms with Gasteiger partial charge < -0.3 is 15.0 Å². The fourth-order valence-electron chi connectivity index (χ4n) is 4.81. The fourth-order valence-corrected chi connectivity index (χ4v) is 5.13. The number of hydrogen-bond donors (Lipinski definition) is 1. The molecule has 0 aromatic heterocycles. The lowest BCUT2D eigenvalue weighted by atomic mass is 10.0. The van der Waals surface area contributed by atoms with Crippen LogP contribution in [0, 0.1) is 0 Å². The van der Waals surface area contributed by atoms with E-state index in [1.54, 1.807) is 17.0 Å². The van der Waals surface area contributed by atoms with Crippen molar-refractivity contribution in [1.29, 1.82) is 0 Å². The van der Waals surface area contributed by atoms with Gasteiger partial charge in [0.1, 0.15) is 11.8 Å². The molecule has 2 amide bonds. The molecular formula is C31H34Cl2N2O3. The first-order chi connectivity index (χ1) is 18.4. The summed E-state index contributed by atoms with van der Waals surface area (Å²) in [6.07, 6.45) is 5.43. The maximum absolute atomic E-state index is 13.7. The minimum atomic E-state index is -0.717. The van der Waals surface area contributed by atoms with Gasteiger partial charge in [-0.3, -0.25) is 9.59 Å². The number of benzene rings is 3. The zero-order valence-corrected chi connectivity index (χ0v) is 23.2. The number of hydrogen-bond acceptors (Lipinski definition) is 3. The van der Waals surface area contributed by atoms with Gasteiger partial charge in [-0.2, -0.15) is 0 Å². The number of ether oxygens (including phenoxy) is 1. The van der Waals surface area contributed by atoms with Crippen LogP contribution < -0.4 is 10.1 Å². The van der Waals surface area contributed by atoms with Gasteiger partial charge in [-0.1, -0.05) is 91.5 Å². The van der Waals surface area contributed by atoms with Crippen LogP contribution in [0.3, 0.4) is 0 Å². The highest BCUT2D eigenvalue weighted by Crippen LogP contribution is 2.25. The maximum atomic E-state index is 13.7. The molecule has 7 heteroatoms. The molecule has 1 N–H and O–H groups in total. The van der Waals surface area contributed by atoms with E-state index in [2.05, 4.69) is 12.2 Å². The molecule has 0 heterocycles. The van der Waals surface area contributed by atoms with Gasteiger partial charge in [-0.25, -0.2) is 0 Å². The van der Waals surface area contributed by atoms with Crippen molar-refractivity contribution >= 4 is 35.0 Å². The SMILES string of the molecule is CCc1ccc(OCC(=O)N(Cc2ccc(Cl)c(Cl)c2)[C@@H](Cc2ccccc2)C(=O)NC2CCCC2)cc1. The largest absolute Gasteiger partial charge is 0.484 e. The number of rotatable bonds is 11. The Hall–Kier alpha value is -3.02. The first-order valence-electron chi connectivity index (χ1n) is 13.2. The average Bonchev–Trinajstić information content (AvgIpc) is 3.45. The van der Waals surface area contributed by atoms with Crippen LogP contribution >= 0.6 is 23.2 Å². The molecule has 0 radical (unpaired) electrons. The Labute approximate surface area is 235 Å². The predicted octanol–water partition coefficient (Wildman–Crippen LogP) is 6.63. The summed E-state index contributed by atoms with van der Waals surface area (Å²) in [6.45, 7) is 2.10. The minimum Gasteiger partial charge on any atom is -0.484 e. The molecule has 1 atom stereocenters. The summed E-state index contributed by atoms with van der Waals surface area (Å²) in [4.78, 5) is 29.1. The third-order valence-corrected chi connectivity index (χ3v) is 7.74. The Morgan fingerprint density at radius 1 is 0.921 bits per heavy atom. The number of nitrogens with one attached hydrogen (secondary N) is 1. The Balaban J connectivity index is 1.61. The normalized spacial score (nSPS) is 14.2. The summed E-state index contributed by atoms with van der Waals surface area (Å²) in [7, 11) is 0. The number of halogens is 2. The third kappa shape index (κ3) is 7.75. The number of amides is 2. The summed E-state index contributed by atoms with van der Waals surface area (Å²) >= 11 is 12.4. The molecule has 4 rings (SSSR count). The van der Waals surface area contributed by atoms with Crippen molar-refractivity contribution in [3.63, 3.8) is 0 Å². The fraction of sp³-hybridized carbons (Fsp3) is 0.355. The molecular weight excluding hydrogens is 519 g/mol. The molecule has 0 spiro atoms. The number of aryl methyl sites for hydroxylation is 1. The summed E-state index contributed by atoms with van der Waals surface area (Å²) in [6, 6.07) is 22.2. The topological polar surface area (TPSA) is 58.6 Å². The molecule has 1 saturated carbocycles. The van der Waals surface area contributed by atoms with Crippen molar-refractivity contribution in [1.82, 2.24) is 10.2 Å². The number of nitrogens with zero attached hydrogens (tertiary/aromatic N) is 1. The van der Waals surface area contributed by atoms with Gasteiger partial charge in [0.2, 0.25) is 5.91 Å². The van der Waals surface area contributed by atoms with Crippen LogP contribution in [0.15, 0.2) is 72.8 Å². The lowest BCUT2D eigenvalue weighted by Crippen LogP contribution is -2.53. The van der Waals surface area contributed by atoms with E-state index in [-0.39, 0.29) is 31.0 Å². The lowest BCUT2D eigenvalue weighted by Gasteiger charge is -2.32. The van der Waals surface area contributed by atoms with Gasteiger partial charge in [-0.15, -0.1) is 0 Å². The standard InChI is InChI=1S/C31H34Cl2N2O3/c1-2-22-12-15-26(16-13-22)38-21-30(36)35(20-24-14-17-27(32)28(33)18-24)29(19-23-8-4-3-5-9-23)31(37)34-25-10-6-7-11-25/h3-5,8-9,12-18,25,29H,2,6-7,10-11,19-21H2,1H3,(H,34,37)/t29-/m0/s1. The molecule has 1 aliphatic carbocycles. The summed E-state index contributed by atoms with van der Waals surface area (Å²) in [5, 5.41) is 4.05. The van der Waals surface area contributed by atoms with Gasteiger partial charge in [0.15, 0.2) is 6.61 Å². The highest BCUT2D eigenvalue weighted by molar-refractivity contribution is 6.42. The van der Waals surface area contributed by atoms with Gasteiger partial charge in [-0.05, 0) is 60.2 Å². The zero-order valence-electron chi connectivity index (χ0n) is 21.7. The smallest absolute Gasteiger partial charge is 0.261 e. The highest BCUT2D eigenvalue weighted by atomic mass is 35.5. The first-order valence-corrected chi connectivity index (χ1v) is 14.0. The Morgan fingerprint density at radius 2 is 1.61 bits per heavy atom. The number of carbonyl (C=O) groups is 2. The molecule has 0 unspecified atom stereocenters. The summed E-state index contributed by atoms with van der Waals surface area (Å²) < 4.78 is 5.87. The van der Waals surface area contributed by atoms with Crippen molar-refractivity contribution in [3.8, 4) is 5.75 Å². The second-order valence-electron chi connectivity index (χ2n) is 9.75. The van der Waals surface area contributed by atoms with E-state index in [4.69, 9.17) is 27.9 Å². The van der Waals surface area contributed by atoms with Crippen molar-refractivity contribution in [2.45, 2.75) is 64.1 Å². The van der Waals surface area contributed by atoms with Crippen molar-refractivity contribution < 1.29 is 14.3 Å². The Morgan fingerprint density at radius 3 is 2.26 bits per heavy atom. The van der Waals surface area contributed by atoms with E-state index in [1.807, 2.05) is 60.7 Å². The van der Waals surface area contributed by atoms with Crippen molar-refractivity contribution in [2.75, 3.05) is 6.61 Å². The third-order valence-electron chi connectivity index (χ3n) is 7.00. The van der Waals surface area contributed by atoms with Gasteiger partial charge in [0.25, 0.3) is 5.91 Å². The molecule has 200 valence electrons. The minimum absolute atomic E-state index is 0.135. The van der Waals surface area contributed by atoms with Crippen LogP contribution in [-0.2, 0) is 29.0 Å². The maximum Gasteiger partial charge on any atom is 0.261 e. The van der Waals surface area contributed by atoms with Gasteiger partial charge >= 0.3 is 0 Å². The molecule has 3 aromatic rings. The van der Waals surface area contributed by atoms with E-state index in [0.29, 0.717) is 22.2 Å². The van der Waals surface area contributed by atoms with Gasteiger partial charge in [0.05, 0.1) is 10.0 Å². The van der Waals surface area contributed by atoms with Crippen LogP contribution in [0.2, 0.25) is 10.0 Å². The van der Waals surface area contributed by atoms with E-state index >= 15 is 0 Å². The first kappa shape index (κ1) is 28.0. The lowest BCUT2D eigenvalue weighted by molar-refractivity contribution is -0.143. The van der Waals surface area contributed by atoms with E-state index in [1.165, 1.54) is 5.56 Å². The molecule has 1 fully saturated rings. The molecule has 0 aliphatic heterocycles. The van der Waals surface area contributed by atoms with E-state index in [0.717, 1.165) is 43.2 Å². The van der Waals surface area contributed by atoms with Crippen LogP contribution in [0.25, 0.3) is 0 Å². The van der Waals surface area contributed by atoms with Gasteiger partial charge in [0, 0.05) is 19.0 Å². The van der Waals surface area contributed by atoms with E-state index < -0.39 is 6.04 Å². The quantitative estimate of drug-likeness (QED) is 0.290. The summed E-state index contributed by atoms with van der Waals surface area (Å²) in [5.74, 6) is 0.180. The second-order valence-corrected chi connectivity index (χ2v) is 10.6. The molecule has 0 bridgehead atoms. The molecule has 0 saturated heterocycles. The Kier molecular flexibility index (Phi) is 10.1. The molecule has 38 heavy (non-hydrogen) atoms. The van der Waals surface area contributed by atoms with E-state index in [9.17, 15) is 9.59 Å². The molecule has 3 aromatic carbocycles. The predicted molar refractivity (Wildman–Crippen MR) is 153 cm³/mol. The van der Waals surface area contributed by atoms with Crippen LogP contribution in [0.1, 0.15) is 49.3 Å². The monoisotopic (exact) mass is 552 g/mol. The zero-order chi connectivity index (χ0) is 26.9. The van der Waals surface area contributed by atoms with Crippen molar-refractivity contribution in [3.05, 3.63) is 99.5 Å². The number of carbonyl (C=O) groups excluding carboxylic acids is 2. The van der Waals surface area contributed by atoms with Crippen molar-refractivity contribution in [2.24, 2.45) is 0 Å². The van der Waals surface area contributed by atoms with Crippen LogP contribution in [0.4, 0.5) is 0 Å². The second kappa shape index (κ2) is 13.7. The Bertz CT molecular complexity index is 1210. The molecule has 1 aliphatic rings.